The zero-order chi connectivity index (χ0) is 16.7. The van der Waals surface area contributed by atoms with Crippen molar-refractivity contribution in [2.45, 2.75) is 26.2 Å². The Bertz CT molecular complexity index is 601. The number of hydrogen-bond donors (Lipinski definition) is 1. The molecule has 0 amide bonds. The molecule has 1 aromatic carbocycles. The van der Waals surface area contributed by atoms with Crippen LogP contribution in [0.5, 0.6) is 5.75 Å². The molecule has 3 rings (SSSR count). The van der Waals surface area contributed by atoms with Gasteiger partial charge < -0.3 is 9.84 Å². The number of carbonyl (C=O) groups is 1. The van der Waals surface area contributed by atoms with E-state index in [2.05, 4.69) is 18.7 Å². The number of aryl methyl sites for hydroxylation is 1. The average Bonchev–Trinajstić information content (AvgIpc) is 3.18. The highest BCUT2D eigenvalue weighted by Gasteiger charge is 2.25. The maximum atomic E-state index is 10.4. The molecular formula is C20H24O3. The van der Waals surface area contributed by atoms with E-state index in [1.54, 1.807) is 18.2 Å². The molecule has 1 fully saturated rings. The Morgan fingerprint density at radius 3 is 2.48 bits per heavy atom. The van der Waals surface area contributed by atoms with Gasteiger partial charge in [-0.25, -0.2) is 4.79 Å². The van der Waals surface area contributed by atoms with Gasteiger partial charge in [-0.05, 0) is 67.4 Å². The van der Waals surface area contributed by atoms with Crippen molar-refractivity contribution in [3.63, 3.8) is 0 Å². The smallest absolute Gasteiger partial charge is 0.328 e. The standard InChI is InChI=1S/C13H14O3.C7H10/c1-3-8-16-12-6-4-11(10(2)9-12)5-7-13(14)15;1-2-7-4-3-6(1)5-7/h3-7,9H,1,8H2,2H3,(H,14,15);1-2,6-7H,3-5H2. The second kappa shape index (κ2) is 8.37. The summed E-state index contributed by atoms with van der Waals surface area (Å²) >= 11 is 0. The Balaban J connectivity index is 0.000000223. The molecule has 0 aromatic heterocycles. The quantitative estimate of drug-likeness (QED) is 0.637. The zero-order valence-electron chi connectivity index (χ0n) is 13.6. The molecule has 122 valence electrons. The Labute approximate surface area is 138 Å². The fourth-order valence-electron chi connectivity index (χ4n) is 2.96. The van der Waals surface area contributed by atoms with Crippen LogP contribution in [-0.4, -0.2) is 17.7 Å². The van der Waals surface area contributed by atoms with E-state index in [1.807, 2.05) is 19.1 Å². The van der Waals surface area contributed by atoms with E-state index in [0.717, 1.165) is 34.8 Å². The lowest BCUT2D eigenvalue weighted by Gasteiger charge is -2.06. The van der Waals surface area contributed by atoms with Gasteiger partial charge in [-0.3, -0.25) is 0 Å². The van der Waals surface area contributed by atoms with Crippen molar-refractivity contribution in [2.75, 3.05) is 6.61 Å². The number of hydrogen-bond acceptors (Lipinski definition) is 2. The Kier molecular flexibility index (Phi) is 6.21. The number of carboxylic acids is 1. The maximum Gasteiger partial charge on any atom is 0.328 e. The molecule has 2 aliphatic rings. The average molecular weight is 312 g/mol. The zero-order valence-corrected chi connectivity index (χ0v) is 13.6. The Morgan fingerprint density at radius 2 is 2.04 bits per heavy atom. The number of rotatable bonds is 5. The van der Waals surface area contributed by atoms with Crippen molar-refractivity contribution in [1.82, 2.24) is 0 Å². The molecular weight excluding hydrogens is 288 g/mol. The van der Waals surface area contributed by atoms with Crippen LogP contribution in [0.15, 0.2) is 49.1 Å². The first-order valence-corrected chi connectivity index (χ1v) is 8.02. The highest BCUT2D eigenvalue weighted by molar-refractivity contribution is 5.85. The summed E-state index contributed by atoms with van der Waals surface area (Å²) < 4.78 is 5.36. The highest BCUT2D eigenvalue weighted by Crippen LogP contribution is 2.38. The van der Waals surface area contributed by atoms with Crippen molar-refractivity contribution < 1.29 is 14.6 Å². The molecule has 2 unspecified atom stereocenters. The van der Waals surface area contributed by atoms with Gasteiger partial charge in [-0.1, -0.05) is 30.9 Å². The van der Waals surface area contributed by atoms with E-state index >= 15 is 0 Å². The van der Waals surface area contributed by atoms with Crippen LogP contribution >= 0.6 is 0 Å². The summed E-state index contributed by atoms with van der Waals surface area (Å²) in [6, 6.07) is 5.50. The van der Waals surface area contributed by atoms with Gasteiger partial charge >= 0.3 is 5.97 Å². The molecule has 3 heteroatoms. The van der Waals surface area contributed by atoms with Gasteiger partial charge in [0.05, 0.1) is 0 Å². The first-order chi connectivity index (χ1) is 11.1. The highest BCUT2D eigenvalue weighted by atomic mass is 16.5. The molecule has 0 radical (unpaired) electrons. The number of ether oxygens (including phenoxy) is 1. The summed E-state index contributed by atoms with van der Waals surface area (Å²) in [6.07, 6.45) is 13.5. The van der Waals surface area contributed by atoms with E-state index in [1.165, 1.54) is 19.3 Å². The molecule has 2 bridgehead atoms. The molecule has 2 aliphatic carbocycles. The fourth-order valence-corrected chi connectivity index (χ4v) is 2.96. The minimum absolute atomic E-state index is 0.462. The van der Waals surface area contributed by atoms with Crippen molar-refractivity contribution in [2.24, 2.45) is 11.8 Å². The van der Waals surface area contributed by atoms with E-state index in [9.17, 15) is 4.79 Å². The molecule has 0 heterocycles. The topological polar surface area (TPSA) is 46.5 Å². The number of allylic oxidation sites excluding steroid dienone is 2. The lowest BCUT2D eigenvalue weighted by molar-refractivity contribution is -0.131. The van der Waals surface area contributed by atoms with Gasteiger partial charge in [0, 0.05) is 6.08 Å². The molecule has 0 aliphatic heterocycles. The van der Waals surface area contributed by atoms with Gasteiger partial charge in [0.25, 0.3) is 0 Å². The molecule has 2 atom stereocenters. The van der Waals surface area contributed by atoms with Gasteiger partial charge in [0.15, 0.2) is 0 Å². The summed E-state index contributed by atoms with van der Waals surface area (Å²) in [5.41, 5.74) is 1.84. The number of aliphatic carboxylic acids is 1. The lowest BCUT2D eigenvalue weighted by atomic mass is 10.1. The molecule has 0 spiro atoms. The van der Waals surface area contributed by atoms with Gasteiger partial charge in [-0.2, -0.15) is 0 Å². The van der Waals surface area contributed by atoms with E-state index in [-0.39, 0.29) is 0 Å². The summed E-state index contributed by atoms with van der Waals surface area (Å²) in [5, 5.41) is 8.51. The third kappa shape index (κ3) is 5.44. The molecule has 3 nitrogen and oxygen atoms in total. The monoisotopic (exact) mass is 312 g/mol. The van der Waals surface area contributed by atoms with Crippen molar-refractivity contribution >= 4 is 12.0 Å². The Morgan fingerprint density at radius 1 is 1.35 bits per heavy atom. The van der Waals surface area contributed by atoms with Gasteiger partial charge in [0.2, 0.25) is 0 Å². The number of fused-ring (bicyclic) bond motifs is 2. The largest absolute Gasteiger partial charge is 0.490 e. The molecule has 1 saturated carbocycles. The summed E-state index contributed by atoms with van der Waals surface area (Å²) in [6.45, 7) is 5.93. The second-order valence-electron chi connectivity index (χ2n) is 6.01. The lowest BCUT2D eigenvalue weighted by Crippen LogP contribution is -1.94. The summed E-state index contributed by atoms with van der Waals surface area (Å²) in [5.74, 6) is 1.78. The maximum absolute atomic E-state index is 10.4. The van der Waals surface area contributed by atoms with Crippen LogP contribution in [-0.2, 0) is 4.79 Å². The normalized spacial score (nSPS) is 21.1. The van der Waals surface area contributed by atoms with E-state index in [0.29, 0.717) is 6.61 Å². The molecule has 0 saturated heterocycles. The van der Waals surface area contributed by atoms with Crippen LogP contribution in [0, 0.1) is 18.8 Å². The minimum atomic E-state index is -0.952. The van der Waals surface area contributed by atoms with Crippen LogP contribution in [0.25, 0.3) is 6.08 Å². The van der Waals surface area contributed by atoms with Crippen molar-refractivity contribution in [3.8, 4) is 5.75 Å². The Hall–Kier alpha value is -2.29. The molecule has 1 N–H and O–H groups in total. The fraction of sp³-hybridized carbons (Fsp3) is 0.350. The van der Waals surface area contributed by atoms with Crippen LogP contribution in [0.4, 0.5) is 0 Å². The van der Waals surface area contributed by atoms with Crippen LogP contribution < -0.4 is 4.74 Å². The van der Waals surface area contributed by atoms with E-state index < -0.39 is 5.97 Å². The van der Waals surface area contributed by atoms with Crippen LogP contribution in [0.1, 0.15) is 30.4 Å². The minimum Gasteiger partial charge on any atom is -0.490 e. The molecule has 23 heavy (non-hydrogen) atoms. The summed E-state index contributed by atoms with van der Waals surface area (Å²) in [7, 11) is 0. The first kappa shape index (κ1) is 17.1. The third-order valence-electron chi connectivity index (χ3n) is 4.18. The number of benzene rings is 1. The van der Waals surface area contributed by atoms with Crippen LogP contribution in [0.2, 0.25) is 0 Å². The van der Waals surface area contributed by atoms with E-state index in [4.69, 9.17) is 9.84 Å². The molecule has 1 aromatic rings. The van der Waals surface area contributed by atoms with Gasteiger partial charge in [0.1, 0.15) is 12.4 Å². The van der Waals surface area contributed by atoms with Crippen LogP contribution in [0.3, 0.4) is 0 Å². The first-order valence-electron chi connectivity index (χ1n) is 8.02. The number of carboxylic acid groups (broad SMARTS) is 1. The van der Waals surface area contributed by atoms with Crippen molar-refractivity contribution in [3.05, 3.63) is 60.2 Å². The summed E-state index contributed by atoms with van der Waals surface area (Å²) in [4.78, 5) is 10.4. The van der Waals surface area contributed by atoms with Crippen molar-refractivity contribution in [1.29, 1.82) is 0 Å². The third-order valence-corrected chi connectivity index (χ3v) is 4.18. The van der Waals surface area contributed by atoms with Gasteiger partial charge in [-0.15, -0.1) is 0 Å². The predicted molar refractivity (Wildman–Crippen MR) is 93.5 cm³/mol. The SMILES string of the molecule is C1=CC2CCC1C2.C=CCOc1ccc(C=CC(=O)O)c(C)c1. The second-order valence-corrected chi connectivity index (χ2v) is 6.01. The predicted octanol–water partition coefficient (Wildman–Crippen LogP) is 4.63.